The molecule has 1 saturated heterocycles. The molecule has 0 unspecified atom stereocenters. The van der Waals surface area contributed by atoms with Crippen molar-refractivity contribution in [3.05, 3.63) is 29.8 Å². The molecular formula is C13H17NO3S. The lowest BCUT2D eigenvalue weighted by atomic mass is 10.1. The molecule has 0 radical (unpaired) electrons. The predicted octanol–water partition coefficient (Wildman–Crippen LogP) is 1.87. The zero-order valence-electron chi connectivity index (χ0n) is 10.3. The second-order valence-corrected chi connectivity index (χ2v) is 5.39. The molecule has 1 N–H and O–H groups in total. The number of nitrogens with zero attached hydrogens (tertiary/aromatic N) is 1. The summed E-state index contributed by atoms with van der Waals surface area (Å²) in [5, 5.41) is 9.43. The molecule has 0 amide bonds. The summed E-state index contributed by atoms with van der Waals surface area (Å²) < 4.78 is 5.09. The average molecular weight is 267 g/mol. The molecule has 0 saturated carbocycles. The van der Waals surface area contributed by atoms with Crippen LogP contribution in [0.4, 0.5) is 0 Å². The van der Waals surface area contributed by atoms with Crippen molar-refractivity contribution >= 4 is 17.7 Å². The summed E-state index contributed by atoms with van der Waals surface area (Å²) in [5.74, 6) is 1.96. The quantitative estimate of drug-likeness (QED) is 0.902. The lowest BCUT2D eigenvalue weighted by Crippen LogP contribution is -2.39. The number of thioether (sulfide) groups is 1. The minimum Gasteiger partial charge on any atom is -0.497 e. The summed E-state index contributed by atoms with van der Waals surface area (Å²) in [6, 6.07) is 6.74. The molecule has 1 aliphatic heterocycles. The lowest BCUT2D eigenvalue weighted by molar-refractivity contribution is -0.143. The molecule has 1 heterocycles. The molecule has 98 valence electrons. The van der Waals surface area contributed by atoms with Gasteiger partial charge >= 0.3 is 5.97 Å². The Bertz CT molecular complexity index is 401. The Kier molecular flexibility index (Phi) is 4.49. The number of aliphatic carboxylic acids is 1. The molecule has 0 aromatic heterocycles. The van der Waals surface area contributed by atoms with Crippen molar-refractivity contribution in [1.29, 1.82) is 0 Å². The summed E-state index contributed by atoms with van der Waals surface area (Å²) in [7, 11) is 1.60. The van der Waals surface area contributed by atoms with E-state index in [0.29, 0.717) is 0 Å². The molecule has 1 fully saturated rings. The Morgan fingerprint density at radius 2 is 1.94 bits per heavy atom. The third kappa shape index (κ3) is 2.97. The van der Waals surface area contributed by atoms with Crippen LogP contribution < -0.4 is 4.74 Å². The molecule has 5 heteroatoms. The first-order chi connectivity index (χ1) is 8.72. The van der Waals surface area contributed by atoms with Crippen LogP contribution in [0.5, 0.6) is 5.75 Å². The third-order valence-electron chi connectivity index (χ3n) is 3.08. The van der Waals surface area contributed by atoms with Crippen LogP contribution in [-0.4, -0.2) is 47.7 Å². The maximum absolute atomic E-state index is 11.5. The van der Waals surface area contributed by atoms with Gasteiger partial charge in [-0.05, 0) is 17.7 Å². The van der Waals surface area contributed by atoms with E-state index in [1.54, 1.807) is 7.11 Å². The molecule has 0 bridgehead atoms. The van der Waals surface area contributed by atoms with Crippen LogP contribution in [0.25, 0.3) is 0 Å². The first-order valence-corrected chi connectivity index (χ1v) is 7.06. The first kappa shape index (κ1) is 13.2. The van der Waals surface area contributed by atoms with Crippen LogP contribution in [-0.2, 0) is 4.79 Å². The smallest absolute Gasteiger partial charge is 0.325 e. The zero-order valence-corrected chi connectivity index (χ0v) is 11.2. The van der Waals surface area contributed by atoms with Gasteiger partial charge in [0, 0.05) is 24.6 Å². The van der Waals surface area contributed by atoms with Crippen LogP contribution in [0.3, 0.4) is 0 Å². The number of hydrogen-bond donors (Lipinski definition) is 1. The monoisotopic (exact) mass is 267 g/mol. The number of carboxylic acid groups (broad SMARTS) is 1. The predicted molar refractivity (Wildman–Crippen MR) is 72.3 cm³/mol. The minimum atomic E-state index is -0.785. The van der Waals surface area contributed by atoms with Gasteiger partial charge in [-0.2, -0.15) is 11.8 Å². The zero-order chi connectivity index (χ0) is 13.0. The van der Waals surface area contributed by atoms with E-state index in [-0.39, 0.29) is 0 Å². The van der Waals surface area contributed by atoms with E-state index in [9.17, 15) is 9.90 Å². The van der Waals surface area contributed by atoms with Crippen molar-refractivity contribution < 1.29 is 14.6 Å². The number of methoxy groups -OCH3 is 1. The molecule has 4 nitrogen and oxygen atoms in total. The van der Waals surface area contributed by atoms with Crippen molar-refractivity contribution in [2.75, 3.05) is 31.7 Å². The highest BCUT2D eigenvalue weighted by atomic mass is 32.2. The Labute approximate surface area is 111 Å². The summed E-state index contributed by atoms with van der Waals surface area (Å²) in [4.78, 5) is 13.5. The fourth-order valence-corrected chi connectivity index (χ4v) is 3.06. The van der Waals surface area contributed by atoms with Crippen molar-refractivity contribution in [2.45, 2.75) is 6.04 Å². The van der Waals surface area contributed by atoms with Gasteiger partial charge in [0.2, 0.25) is 0 Å². The largest absolute Gasteiger partial charge is 0.497 e. The SMILES string of the molecule is COc1ccc([C@@H](C(=O)O)N2CCSCC2)cc1. The molecule has 2 rings (SSSR count). The summed E-state index contributed by atoms with van der Waals surface area (Å²) in [5.41, 5.74) is 0.815. The Balaban J connectivity index is 2.20. The molecule has 0 spiro atoms. The summed E-state index contributed by atoms with van der Waals surface area (Å²) in [6.45, 7) is 1.65. The normalized spacial score (nSPS) is 18.3. The van der Waals surface area contributed by atoms with Gasteiger partial charge in [0.15, 0.2) is 0 Å². The fraction of sp³-hybridized carbons (Fsp3) is 0.462. The lowest BCUT2D eigenvalue weighted by Gasteiger charge is -2.31. The summed E-state index contributed by atoms with van der Waals surface area (Å²) >= 11 is 1.87. The molecular weight excluding hydrogens is 250 g/mol. The van der Waals surface area contributed by atoms with Gasteiger partial charge in [-0.15, -0.1) is 0 Å². The Hall–Kier alpha value is -1.20. The third-order valence-corrected chi connectivity index (χ3v) is 4.02. The van der Waals surface area contributed by atoms with E-state index in [1.807, 2.05) is 40.9 Å². The number of rotatable bonds is 4. The van der Waals surface area contributed by atoms with Crippen LogP contribution in [0, 0.1) is 0 Å². The maximum atomic E-state index is 11.5. The van der Waals surface area contributed by atoms with Crippen molar-refractivity contribution in [3.63, 3.8) is 0 Å². The molecule has 1 aliphatic rings. The van der Waals surface area contributed by atoms with Crippen molar-refractivity contribution in [1.82, 2.24) is 4.90 Å². The number of hydrogen-bond acceptors (Lipinski definition) is 4. The maximum Gasteiger partial charge on any atom is 0.325 e. The van der Waals surface area contributed by atoms with Crippen LogP contribution >= 0.6 is 11.8 Å². The van der Waals surface area contributed by atoms with Gasteiger partial charge in [-0.1, -0.05) is 12.1 Å². The Morgan fingerprint density at radius 1 is 1.33 bits per heavy atom. The van der Waals surface area contributed by atoms with Gasteiger partial charge < -0.3 is 9.84 Å². The minimum absolute atomic E-state index is 0.545. The Morgan fingerprint density at radius 3 is 2.44 bits per heavy atom. The van der Waals surface area contributed by atoms with Crippen molar-refractivity contribution in [2.24, 2.45) is 0 Å². The second kappa shape index (κ2) is 6.11. The van der Waals surface area contributed by atoms with Gasteiger partial charge in [0.25, 0.3) is 0 Å². The van der Waals surface area contributed by atoms with E-state index in [1.165, 1.54) is 0 Å². The second-order valence-electron chi connectivity index (χ2n) is 4.16. The molecule has 1 aromatic rings. The molecule has 1 atom stereocenters. The molecule has 18 heavy (non-hydrogen) atoms. The van der Waals surface area contributed by atoms with E-state index < -0.39 is 12.0 Å². The standard InChI is InChI=1S/C13H17NO3S/c1-17-11-4-2-10(3-5-11)12(13(15)16)14-6-8-18-9-7-14/h2-5,12H,6-9H2,1H3,(H,15,16)/t12-/m0/s1. The highest BCUT2D eigenvalue weighted by Crippen LogP contribution is 2.26. The number of carbonyl (C=O) groups is 1. The molecule has 0 aliphatic carbocycles. The number of carboxylic acids is 1. The number of ether oxygens (including phenoxy) is 1. The van der Waals surface area contributed by atoms with Crippen LogP contribution in [0.2, 0.25) is 0 Å². The van der Waals surface area contributed by atoms with E-state index in [4.69, 9.17) is 4.74 Å². The average Bonchev–Trinajstić information content (AvgIpc) is 2.40. The van der Waals surface area contributed by atoms with Crippen LogP contribution in [0.15, 0.2) is 24.3 Å². The molecule has 1 aromatic carbocycles. The summed E-state index contributed by atoms with van der Waals surface area (Å²) in [6.07, 6.45) is 0. The van der Waals surface area contributed by atoms with E-state index in [2.05, 4.69) is 0 Å². The van der Waals surface area contributed by atoms with Crippen LogP contribution in [0.1, 0.15) is 11.6 Å². The van der Waals surface area contributed by atoms with Crippen molar-refractivity contribution in [3.8, 4) is 5.75 Å². The van der Waals surface area contributed by atoms with E-state index >= 15 is 0 Å². The fourth-order valence-electron chi connectivity index (χ4n) is 2.13. The van der Waals surface area contributed by atoms with Gasteiger partial charge in [0.05, 0.1) is 7.11 Å². The topological polar surface area (TPSA) is 49.8 Å². The highest BCUT2D eigenvalue weighted by Gasteiger charge is 2.28. The van der Waals surface area contributed by atoms with Gasteiger partial charge in [-0.25, -0.2) is 0 Å². The van der Waals surface area contributed by atoms with Gasteiger partial charge in [0.1, 0.15) is 11.8 Å². The van der Waals surface area contributed by atoms with E-state index in [0.717, 1.165) is 35.9 Å². The highest BCUT2D eigenvalue weighted by molar-refractivity contribution is 7.99. The first-order valence-electron chi connectivity index (χ1n) is 5.91. The number of benzene rings is 1. The van der Waals surface area contributed by atoms with Gasteiger partial charge in [-0.3, -0.25) is 9.69 Å².